The fraction of sp³-hybridized carbons (Fsp3) is 0.0909. The van der Waals surface area contributed by atoms with Crippen molar-refractivity contribution >= 4 is 34.6 Å². The van der Waals surface area contributed by atoms with Crippen LogP contribution in [0, 0.1) is 13.8 Å². The standard InChI is InChI=1S/C22H18N2O2S/c1-14-8-9-17(12-15(14)2)23-21-20(27-22(25)24-21)13-18-10-11-19(26-18)16-6-4-3-5-7-16/h3-13H,1-2H3,(H,23,24,25). The number of amides is 1. The van der Waals surface area contributed by atoms with Gasteiger partial charge in [0.2, 0.25) is 0 Å². The molecule has 2 heterocycles. The van der Waals surface area contributed by atoms with Crippen molar-refractivity contribution in [1.82, 2.24) is 5.32 Å². The third kappa shape index (κ3) is 3.88. The Hall–Kier alpha value is -3.05. The second-order valence-electron chi connectivity index (χ2n) is 6.32. The molecule has 1 amide bonds. The third-order valence-electron chi connectivity index (χ3n) is 4.35. The maximum Gasteiger partial charge on any atom is 0.289 e. The summed E-state index contributed by atoms with van der Waals surface area (Å²) in [5.74, 6) is 2.02. The van der Waals surface area contributed by atoms with E-state index in [0.717, 1.165) is 39.2 Å². The zero-order chi connectivity index (χ0) is 18.8. The molecular formula is C22H18N2O2S. The van der Waals surface area contributed by atoms with Crippen LogP contribution >= 0.6 is 11.8 Å². The summed E-state index contributed by atoms with van der Waals surface area (Å²) in [6, 6.07) is 19.7. The van der Waals surface area contributed by atoms with E-state index >= 15 is 0 Å². The molecule has 0 saturated carbocycles. The summed E-state index contributed by atoms with van der Waals surface area (Å²) in [5, 5.41) is 2.67. The lowest BCUT2D eigenvalue weighted by atomic mass is 10.1. The number of thioether (sulfide) groups is 1. The SMILES string of the molecule is Cc1ccc(N=C2NC(=O)SC2=Cc2ccc(-c3ccccc3)o2)cc1C. The Morgan fingerprint density at radius 3 is 2.59 bits per heavy atom. The Morgan fingerprint density at radius 1 is 1.00 bits per heavy atom. The van der Waals surface area contributed by atoms with Crippen LogP contribution in [0.4, 0.5) is 10.5 Å². The number of nitrogens with one attached hydrogen (secondary N) is 1. The molecule has 1 fully saturated rings. The van der Waals surface area contributed by atoms with E-state index in [1.165, 1.54) is 5.56 Å². The smallest absolute Gasteiger partial charge is 0.289 e. The summed E-state index contributed by atoms with van der Waals surface area (Å²) in [7, 11) is 0. The second-order valence-corrected chi connectivity index (χ2v) is 7.33. The molecule has 1 N–H and O–H groups in total. The predicted octanol–water partition coefficient (Wildman–Crippen LogP) is 6.09. The molecule has 27 heavy (non-hydrogen) atoms. The van der Waals surface area contributed by atoms with Gasteiger partial charge in [-0.25, -0.2) is 4.99 Å². The summed E-state index contributed by atoms with van der Waals surface area (Å²) < 4.78 is 5.92. The molecule has 1 aliphatic rings. The molecule has 4 nitrogen and oxygen atoms in total. The van der Waals surface area contributed by atoms with E-state index in [4.69, 9.17) is 4.42 Å². The number of aliphatic imine (C=N–C) groups is 1. The van der Waals surface area contributed by atoms with Crippen LogP contribution in [0.3, 0.4) is 0 Å². The third-order valence-corrected chi connectivity index (χ3v) is 5.16. The average Bonchev–Trinajstić information content (AvgIpc) is 3.26. The van der Waals surface area contributed by atoms with Gasteiger partial charge in [-0.3, -0.25) is 4.79 Å². The molecule has 0 radical (unpaired) electrons. The van der Waals surface area contributed by atoms with Crippen molar-refractivity contribution in [2.75, 3.05) is 0 Å². The number of carbonyl (C=O) groups is 1. The van der Waals surface area contributed by atoms with Crippen molar-refractivity contribution in [3.8, 4) is 11.3 Å². The lowest BCUT2D eigenvalue weighted by molar-refractivity contribution is 0.265. The van der Waals surface area contributed by atoms with Gasteiger partial charge in [-0.15, -0.1) is 0 Å². The summed E-state index contributed by atoms with van der Waals surface area (Å²) in [4.78, 5) is 17.2. The van der Waals surface area contributed by atoms with Crippen LogP contribution in [0.5, 0.6) is 0 Å². The lowest BCUT2D eigenvalue weighted by Gasteiger charge is -2.03. The van der Waals surface area contributed by atoms with Gasteiger partial charge < -0.3 is 9.73 Å². The van der Waals surface area contributed by atoms with Crippen molar-refractivity contribution in [3.63, 3.8) is 0 Å². The van der Waals surface area contributed by atoms with Gasteiger partial charge in [0.05, 0.1) is 10.6 Å². The largest absolute Gasteiger partial charge is 0.457 e. The Balaban J connectivity index is 1.65. The topological polar surface area (TPSA) is 54.6 Å². The molecule has 0 spiro atoms. The molecular weight excluding hydrogens is 356 g/mol. The van der Waals surface area contributed by atoms with E-state index in [1.807, 2.05) is 73.7 Å². The molecule has 134 valence electrons. The molecule has 0 aliphatic carbocycles. The highest BCUT2D eigenvalue weighted by Crippen LogP contribution is 2.30. The zero-order valence-corrected chi connectivity index (χ0v) is 15.8. The van der Waals surface area contributed by atoms with Crippen LogP contribution in [0.25, 0.3) is 17.4 Å². The van der Waals surface area contributed by atoms with Gasteiger partial charge in [-0.05, 0) is 67.1 Å². The normalized spacial score (nSPS) is 16.9. The Morgan fingerprint density at radius 2 is 1.81 bits per heavy atom. The van der Waals surface area contributed by atoms with Crippen LogP contribution in [0.15, 0.2) is 75.0 Å². The first-order valence-corrected chi connectivity index (χ1v) is 9.42. The molecule has 4 rings (SSSR count). The number of nitrogens with zero attached hydrogens (tertiary/aromatic N) is 1. The Kier molecular flexibility index (Phi) is 4.69. The van der Waals surface area contributed by atoms with Crippen molar-refractivity contribution in [2.45, 2.75) is 13.8 Å². The molecule has 5 heteroatoms. The number of furan rings is 1. The van der Waals surface area contributed by atoms with Gasteiger partial charge in [-0.2, -0.15) is 0 Å². The van der Waals surface area contributed by atoms with E-state index in [-0.39, 0.29) is 5.24 Å². The van der Waals surface area contributed by atoms with Crippen molar-refractivity contribution in [2.24, 2.45) is 4.99 Å². The average molecular weight is 374 g/mol. The van der Waals surface area contributed by atoms with Gasteiger partial charge in [0.1, 0.15) is 17.4 Å². The van der Waals surface area contributed by atoms with E-state index in [9.17, 15) is 4.79 Å². The zero-order valence-electron chi connectivity index (χ0n) is 15.0. The highest BCUT2D eigenvalue weighted by molar-refractivity contribution is 8.18. The van der Waals surface area contributed by atoms with E-state index in [0.29, 0.717) is 11.6 Å². The van der Waals surface area contributed by atoms with Gasteiger partial charge in [0, 0.05) is 5.56 Å². The van der Waals surface area contributed by atoms with Crippen LogP contribution in [0.1, 0.15) is 16.9 Å². The van der Waals surface area contributed by atoms with Crippen molar-refractivity contribution in [1.29, 1.82) is 0 Å². The number of carbonyl (C=O) groups excluding carboxylic acids is 1. The van der Waals surface area contributed by atoms with Crippen molar-refractivity contribution in [3.05, 3.63) is 82.5 Å². The molecule has 2 aromatic carbocycles. The summed E-state index contributed by atoms with van der Waals surface area (Å²) in [6.45, 7) is 4.11. The van der Waals surface area contributed by atoms with E-state index in [2.05, 4.69) is 17.2 Å². The first-order chi connectivity index (χ1) is 13.1. The van der Waals surface area contributed by atoms with Gasteiger partial charge in [0.15, 0.2) is 0 Å². The van der Waals surface area contributed by atoms with E-state index < -0.39 is 0 Å². The number of aryl methyl sites for hydroxylation is 2. The summed E-state index contributed by atoms with van der Waals surface area (Å²) >= 11 is 1.12. The molecule has 1 aromatic heterocycles. The van der Waals surface area contributed by atoms with Gasteiger partial charge >= 0.3 is 0 Å². The highest BCUT2D eigenvalue weighted by Gasteiger charge is 2.24. The molecule has 3 aromatic rings. The number of amidine groups is 1. The number of hydrogen-bond donors (Lipinski definition) is 1. The monoisotopic (exact) mass is 374 g/mol. The molecule has 0 bridgehead atoms. The highest BCUT2D eigenvalue weighted by atomic mass is 32.2. The summed E-state index contributed by atoms with van der Waals surface area (Å²) in [6.07, 6.45) is 1.84. The van der Waals surface area contributed by atoms with Gasteiger partial charge in [-0.1, -0.05) is 36.4 Å². The lowest BCUT2D eigenvalue weighted by Crippen LogP contribution is -2.18. The molecule has 1 saturated heterocycles. The van der Waals surface area contributed by atoms with E-state index in [1.54, 1.807) is 0 Å². The minimum Gasteiger partial charge on any atom is -0.457 e. The molecule has 0 unspecified atom stereocenters. The number of benzene rings is 2. The van der Waals surface area contributed by atoms with Gasteiger partial charge in [0.25, 0.3) is 5.24 Å². The van der Waals surface area contributed by atoms with Crippen molar-refractivity contribution < 1.29 is 9.21 Å². The Bertz CT molecular complexity index is 1060. The number of hydrogen-bond acceptors (Lipinski definition) is 4. The quantitative estimate of drug-likeness (QED) is 0.603. The maximum absolute atomic E-state index is 11.9. The van der Waals surface area contributed by atoms with Crippen LogP contribution in [-0.2, 0) is 0 Å². The fourth-order valence-electron chi connectivity index (χ4n) is 2.75. The van der Waals surface area contributed by atoms with Crippen LogP contribution in [0.2, 0.25) is 0 Å². The molecule has 0 atom stereocenters. The summed E-state index contributed by atoms with van der Waals surface area (Å²) in [5.41, 5.74) is 4.20. The second kappa shape index (κ2) is 7.29. The molecule has 1 aliphatic heterocycles. The first kappa shape index (κ1) is 17.4. The minimum atomic E-state index is -0.140. The minimum absolute atomic E-state index is 0.140. The van der Waals surface area contributed by atoms with Crippen LogP contribution in [-0.4, -0.2) is 11.1 Å². The van der Waals surface area contributed by atoms with Crippen LogP contribution < -0.4 is 5.32 Å². The Labute approximate surface area is 162 Å². The maximum atomic E-state index is 11.9. The number of rotatable bonds is 3. The first-order valence-electron chi connectivity index (χ1n) is 8.60. The fourth-order valence-corrected chi connectivity index (χ4v) is 3.47. The predicted molar refractivity (Wildman–Crippen MR) is 111 cm³/mol.